The lowest BCUT2D eigenvalue weighted by atomic mass is 9.98. The summed E-state index contributed by atoms with van der Waals surface area (Å²) in [6.45, 7) is 0.400. The molecular weight excluding hydrogens is 620 g/mol. The minimum atomic E-state index is -1.30. The third-order valence-electron chi connectivity index (χ3n) is 8.11. The standard InChI is InChI=1S/C35H40N4O9/c1-47-31(41)19-28(36)32(42)39-30(18-21-13-15-22(40)16-14-21)33(43)38-29(34(44)45)12-6-7-17-37-35(46)48-20-27-25-10-4-2-8-23(25)24-9-3-5-11-26(24)27/h2-5,8-11,13-16,27-30,40H,6-7,12,17-20,36H2,1H3,(H,37,46)(H,38,43)(H,39,42)(H,44,45)/t28-,29-,30-/m0/s1. The number of aromatic hydroxyl groups is 1. The fourth-order valence-electron chi connectivity index (χ4n) is 5.55. The first kappa shape index (κ1) is 35.4. The van der Waals surface area contributed by atoms with Crippen LogP contribution < -0.4 is 21.7 Å². The smallest absolute Gasteiger partial charge is 0.407 e. The lowest BCUT2D eigenvalue weighted by Crippen LogP contribution is -2.55. The third kappa shape index (κ3) is 9.55. The SMILES string of the molecule is COC(=O)C[C@H](N)C(=O)N[C@@H](Cc1ccc(O)cc1)C(=O)N[C@@H](CCCCNC(=O)OCC1c2ccccc2-c2ccccc21)C(=O)O. The zero-order valence-electron chi connectivity index (χ0n) is 26.5. The van der Waals surface area contributed by atoms with Crippen LogP contribution in [0.4, 0.5) is 4.79 Å². The molecule has 0 unspecified atom stereocenters. The molecule has 0 fully saturated rings. The van der Waals surface area contributed by atoms with E-state index in [1.807, 2.05) is 36.4 Å². The summed E-state index contributed by atoms with van der Waals surface area (Å²) in [6.07, 6.45) is -0.232. The van der Waals surface area contributed by atoms with Gasteiger partial charge < -0.3 is 41.4 Å². The van der Waals surface area contributed by atoms with E-state index < -0.39 is 54.4 Å². The molecule has 3 aromatic rings. The Kier molecular flexibility index (Phi) is 12.5. The number of methoxy groups -OCH3 is 1. The largest absolute Gasteiger partial charge is 0.508 e. The van der Waals surface area contributed by atoms with Gasteiger partial charge in [-0.2, -0.15) is 0 Å². The van der Waals surface area contributed by atoms with Crippen LogP contribution in [-0.4, -0.2) is 78.4 Å². The molecule has 0 bridgehead atoms. The van der Waals surface area contributed by atoms with Gasteiger partial charge in [0.1, 0.15) is 24.4 Å². The summed E-state index contributed by atoms with van der Waals surface area (Å²) in [4.78, 5) is 61.9. The summed E-state index contributed by atoms with van der Waals surface area (Å²) in [7, 11) is 1.15. The van der Waals surface area contributed by atoms with E-state index >= 15 is 0 Å². The molecule has 3 aromatic carbocycles. The molecule has 1 aliphatic rings. The first-order chi connectivity index (χ1) is 23.1. The van der Waals surface area contributed by atoms with Gasteiger partial charge in [0, 0.05) is 18.9 Å². The number of esters is 1. The van der Waals surface area contributed by atoms with E-state index in [4.69, 9.17) is 10.5 Å². The van der Waals surface area contributed by atoms with Crippen molar-refractivity contribution in [3.05, 3.63) is 89.5 Å². The summed E-state index contributed by atoms with van der Waals surface area (Å²) >= 11 is 0. The number of alkyl carbamates (subject to hydrolysis) is 1. The van der Waals surface area contributed by atoms with E-state index in [2.05, 4.69) is 32.8 Å². The lowest BCUT2D eigenvalue weighted by Gasteiger charge is -2.23. The average molecular weight is 661 g/mol. The molecule has 4 rings (SSSR count). The summed E-state index contributed by atoms with van der Waals surface area (Å²) in [5.41, 5.74) is 10.8. The molecule has 0 aliphatic heterocycles. The number of aliphatic carboxylic acids is 1. The summed E-state index contributed by atoms with van der Waals surface area (Å²) in [5, 5.41) is 27.0. The number of carboxylic acid groups (broad SMARTS) is 1. The van der Waals surface area contributed by atoms with Gasteiger partial charge in [0.05, 0.1) is 19.6 Å². The summed E-state index contributed by atoms with van der Waals surface area (Å²) < 4.78 is 10.1. The monoisotopic (exact) mass is 660 g/mol. The second-order valence-electron chi connectivity index (χ2n) is 11.5. The number of nitrogens with two attached hydrogens (primary N) is 1. The van der Waals surface area contributed by atoms with Crippen LogP contribution in [0.25, 0.3) is 11.1 Å². The van der Waals surface area contributed by atoms with Crippen LogP contribution in [0.5, 0.6) is 5.75 Å². The van der Waals surface area contributed by atoms with Gasteiger partial charge in [-0.05, 0) is 59.2 Å². The minimum absolute atomic E-state index is 0.00273. The van der Waals surface area contributed by atoms with Crippen molar-refractivity contribution in [2.75, 3.05) is 20.3 Å². The Bertz CT molecular complexity index is 1570. The van der Waals surface area contributed by atoms with Gasteiger partial charge in [0.25, 0.3) is 0 Å². The van der Waals surface area contributed by atoms with Crippen molar-refractivity contribution in [2.45, 2.75) is 56.1 Å². The number of fused-ring (bicyclic) bond motifs is 3. The van der Waals surface area contributed by atoms with E-state index in [1.165, 1.54) is 12.1 Å². The number of hydrogen-bond donors (Lipinski definition) is 6. The molecule has 0 heterocycles. The van der Waals surface area contributed by atoms with E-state index in [1.54, 1.807) is 12.1 Å². The molecule has 0 saturated carbocycles. The van der Waals surface area contributed by atoms with Crippen LogP contribution in [0, 0.1) is 0 Å². The van der Waals surface area contributed by atoms with E-state index in [0.29, 0.717) is 18.4 Å². The Hall–Kier alpha value is -5.43. The van der Waals surface area contributed by atoms with Crippen molar-refractivity contribution >= 4 is 29.8 Å². The number of nitrogens with one attached hydrogen (secondary N) is 3. The maximum absolute atomic E-state index is 13.2. The van der Waals surface area contributed by atoms with Gasteiger partial charge in [0.15, 0.2) is 0 Å². The summed E-state index contributed by atoms with van der Waals surface area (Å²) in [6, 6.07) is 18.1. The second kappa shape index (κ2) is 16.9. The first-order valence-electron chi connectivity index (χ1n) is 15.6. The molecular formula is C35H40N4O9. The van der Waals surface area contributed by atoms with Crippen LogP contribution in [0.2, 0.25) is 0 Å². The van der Waals surface area contributed by atoms with Crippen LogP contribution in [-0.2, 0) is 35.1 Å². The van der Waals surface area contributed by atoms with Gasteiger partial charge in [-0.1, -0.05) is 60.7 Å². The van der Waals surface area contributed by atoms with Crippen molar-refractivity contribution < 1.29 is 43.7 Å². The van der Waals surface area contributed by atoms with Crippen molar-refractivity contribution in [3.63, 3.8) is 0 Å². The number of ether oxygens (including phenoxy) is 2. The number of benzene rings is 3. The highest BCUT2D eigenvalue weighted by Gasteiger charge is 2.30. The van der Waals surface area contributed by atoms with Crippen LogP contribution in [0.3, 0.4) is 0 Å². The highest BCUT2D eigenvalue weighted by Crippen LogP contribution is 2.44. The molecule has 0 radical (unpaired) electrons. The maximum Gasteiger partial charge on any atom is 0.407 e. The van der Waals surface area contributed by atoms with Gasteiger partial charge >= 0.3 is 18.0 Å². The highest BCUT2D eigenvalue weighted by atomic mass is 16.5. The molecule has 3 atom stereocenters. The fraction of sp³-hybridized carbons (Fsp3) is 0.343. The zero-order chi connectivity index (χ0) is 34.6. The predicted octanol–water partition coefficient (Wildman–Crippen LogP) is 2.59. The van der Waals surface area contributed by atoms with Crippen LogP contribution in [0.15, 0.2) is 72.8 Å². The van der Waals surface area contributed by atoms with Crippen LogP contribution in [0.1, 0.15) is 48.3 Å². The topological polar surface area (TPSA) is 206 Å². The van der Waals surface area contributed by atoms with Crippen molar-refractivity contribution in [1.29, 1.82) is 0 Å². The Morgan fingerprint density at radius 1 is 0.833 bits per heavy atom. The number of unbranched alkanes of at least 4 members (excludes halogenated alkanes) is 1. The zero-order valence-corrected chi connectivity index (χ0v) is 26.5. The highest BCUT2D eigenvalue weighted by molar-refractivity contribution is 5.93. The van der Waals surface area contributed by atoms with Gasteiger partial charge in [-0.3, -0.25) is 14.4 Å². The molecule has 7 N–H and O–H groups in total. The van der Waals surface area contributed by atoms with E-state index in [0.717, 1.165) is 29.4 Å². The Morgan fingerprint density at radius 3 is 2.04 bits per heavy atom. The molecule has 0 spiro atoms. The Morgan fingerprint density at radius 2 is 1.44 bits per heavy atom. The van der Waals surface area contributed by atoms with Gasteiger partial charge in [-0.15, -0.1) is 0 Å². The predicted molar refractivity (Wildman–Crippen MR) is 175 cm³/mol. The van der Waals surface area contributed by atoms with Gasteiger partial charge in [0.2, 0.25) is 11.8 Å². The summed E-state index contributed by atoms with van der Waals surface area (Å²) in [5.74, 6) is -3.63. The van der Waals surface area contributed by atoms with E-state index in [-0.39, 0.29) is 37.7 Å². The Labute approximate surface area is 277 Å². The maximum atomic E-state index is 13.2. The molecule has 0 saturated heterocycles. The van der Waals surface area contributed by atoms with Crippen molar-refractivity contribution in [1.82, 2.24) is 16.0 Å². The first-order valence-corrected chi connectivity index (χ1v) is 15.6. The molecule has 1 aliphatic carbocycles. The number of amides is 3. The number of phenolic OH excluding ortho intramolecular Hbond substituents is 1. The number of hydrogen-bond acceptors (Lipinski definition) is 9. The average Bonchev–Trinajstić information content (AvgIpc) is 3.40. The fourth-order valence-corrected chi connectivity index (χ4v) is 5.55. The molecule has 13 heteroatoms. The minimum Gasteiger partial charge on any atom is -0.508 e. The number of carbonyl (C=O) groups excluding carboxylic acids is 4. The number of phenols is 1. The van der Waals surface area contributed by atoms with Gasteiger partial charge in [-0.25, -0.2) is 9.59 Å². The molecule has 13 nitrogen and oxygen atoms in total. The number of carboxylic acids is 1. The van der Waals surface area contributed by atoms with Crippen molar-refractivity contribution in [2.24, 2.45) is 5.73 Å². The molecule has 0 aromatic heterocycles. The number of carbonyl (C=O) groups is 5. The molecule has 48 heavy (non-hydrogen) atoms. The van der Waals surface area contributed by atoms with Crippen LogP contribution >= 0.6 is 0 Å². The van der Waals surface area contributed by atoms with E-state index in [9.17, 15) is 34.2 Å². The Balaban J connectivity index is 1.26. The second-order valence-corrected chi connectivity index (χ2v) is 11.5. The van der Waals surface area contributed by atoms with Crippen molar-refractivity contribution in [3.8, 4) is 16.9 Å². The molecule has 3 amide bonds. The third-order valence-corrected chi connectivity index (χ3v) is 8.11. The number of rotatable bonds is 16. The quantitative estimate of drug-likeness (QED) is 0.0978. The molecule has 254 valence electrons. The normalized spacial score (nSPS) is 13.6. The lowest BCUT2D eigenvalue weighted by molar-refractivity contribution is -0.143.